The topological polar surface area (TPSA) is 64.6 Å². The molecule has 0 radical (unpaired) electrons. The molecule has 2 amide bonds. The van der Waals surface area contributed by atoms with Crippen LogP contribution in [0.15, 0.2) is 36.5 Å². The van der Waals surface area contributed by atoms with Crippen molar-refractivity contribution in [1.82, 2.24) is 9.97 Å². The van der Waals surface area contributed by atoms with Crippen LogP contribution in [0.5, 0.6) is 0 Å². The molecule has 4 rings (SSSR count). The van der Waals surface area contributed by atoms with Gasteiger partial charge in [0.1, 0.15) is 11.6 Å². The average Bonchev–Trinajstić information content (AvgIpc) is 3.05. The molecule has 0 saturated carbocycles. The molecule has 1 saturated heterocycles. The van der Waals surface area contributed by atoms with Gasteiger partial charge in [0.15, 0.2) is 12.1 Å². The Labute approximate surface area is 164 Å². The van der Waals surface area contributed by atoms with E-state index in [-0.39, 0.29) is 6.03 Å². The predicted molar refractivity (Wildman–Crippen MR) is 109 cm³/mol. The Morgan fingerprint density at radius 1 is 1.21 bits per heavy atom. The molecule has 148 valence electrons. The first-order chi connectivity index (χ1) is 13.7. The van der Waals surface area contributed by atoms with Crippen LogP contribution in [-0.4, -0.2) is 48.5 Å². The van der Waals surface area contributed by atoms with Crippen molar-refractivity contribution in [1.29, 1.82) is 0 Å². The first-order valence-electron chi connectivity index (χ1n) is 9.83. The maximum absolute atomic E-state index is 14.2. The van der Waals surface area contributed by atoms with E-state index in [9.17, 15) is 9.18 Å². The number of urea groups is 1. The number of alkyl halides is 1. The van der Waals surface area contributed by atoms with Crippen LogP contribution in [0.4, 0.5) is 32.3 Å². The summed E-state index contributed by atoms with van der Waals surface area (Å²) in [4.78, 5) is 27.4. The van der Waals surface area contributed by atoms with Gasteiger partial charge in [0.2, 0.25) is 0 Å². The van der Waals surface area contributed by atoms with Crippen LogP contribution in [0.1, 0.15) is 26.2 Å². The average molecular weight is 384 g/mol. The quantitative estimate of drug-likeness (QED) is 0.819. The zero-order chi connectivity index (χ0) is 19.5. The van der Waals surface area contributed by atoms with E-state index in [2.05, 4.69) is 22.1 Å². The highest BCUT2D eigenvalue weighted by molar-refractivity contribution is 6.02. The molecule has 4 heterocycles. The number of amides is 2. The van der Waals surface area contributed by atoms with Crippen LogP contribution in [0.2, 0.25) is 0 Å². The van der Waals surface area contributed by atoms with E-state index in [1.54, 1.807) is 28.1 Å². The van der Waals surface area contributed by atoms with E-state index in [1.807, 2.05) is 18.2 Å². The smallest absolute Gasteiger partial charge is 0.328 e. The van der Waals surface area contributed by atoms with E-state index in [1.165, 1.54) is 0 Å². The standard InChI is InChI=1S/C20H25FN6O/c1-2-25-12-6-14-27(20(28)23-17-8-3-4-11-22-17)19-15(25)9-10-18(24-19)26-13-5-7-16(26)21/h3-4,8-11,16H,2,5-7,12-14H2,1H3,(H,22,23,28). The maximum Gasteiger partial charge on any atom is 0.328 e. The number of carbonyl (C=O) groups excluding carboxylic acids is 1. The fraction of sp³-hybridized carbons (Fsp3) is 0.450. The number of hydrogen-bond acceptors (Lipinski definition) is 5. The second kappa shape index (κ2) is 8.00. The Bertz CT molecular complexity index is 833. The van der Waals surface area contributed by atoms with Gasteiger partial charge in [0, 0.05) is 32.4 Å². The Hall–Kier alpha value is -2.90. The van der Waals surface area contributed by atoms with Crippen molar-refractivity contribution >= 4 is 29.2 Å². The molecule has 1 fully saturated rings. The second-order valence-corrected chi connectivity index (χ2v) is 7.01. The third-order valence-electron chi connectivity index (χ3n) is 5.25. The molecule has 2 aromatic heterocycles. The van der Waals surface area contributed by atoms with E-state index in [4.69, 9.17) is 4.98 Å². The largest absolute Gasteiger partial charge is 0.369 e. The summed E-state index contributed by atoms with van der Waals surface area (Å²) in [6.07, 6.45) is 2.77. The fourth-order valence-corrected chi connectivity index (χ4v) is 3.81. The normalized spacial score (nSPS) is 19.4. The number of rotatable bonds is 3. The SMILES string of the molecule is CCN1CCCN(C(=O)Nc2ccccn2)c2nc(N3CCCC3F)ccc21. The van der Waals surface area contributed by atoms with Crippen molar-refractivity contribution in [2.24, 2.45) is 0 Å². The Kier molecular flexibility index (Phi) is 5.27. The van der Waals surface area contributed by atoms with Gasteiger partial charge < -0.3 is 9.80 Å². The minimum Gasteiger partial charge on any atom is -0.369 e. The van der Waals surface area contributed by atoms with Gasteiger partial charge in [0.25, 0.3) is 0 Å². The van der Waals surface area contributed by atoms with E-state index in [0.717, 1.165) is 31.6 Å². The minimum absolute atomic E-state index is 0.277. The minimum atomic E-state index is -1.02. The lowest BCUT2D eigenvalue weighted by Crippen LogP contribution is -2.37. The molecule has 1 atom stereocenters. The lowest BCUT2D eigenvalue weighted by Gasteiger charge is -2.27. The monoisotopic (exact) mass is 384 g/mol. The molecule has 2 aliphatic rings. The first-order valence-corrected chi connectivity index (χ1v) is 9.83. The number of pyridine rings is 2. The van der Waals surface area contributed by atoms with Crippen molar-refractivity contribution < 1.29 is 9.18 Å². The van der Waals surface area contributed by atoms with Crippen molar-refractivity contribution in [3.05, 3.63) is 36.5 Å². The summed E-state index contributed by atoms with van der Waals surface area (Å²) in [5, 5.41) is 2.84. The highest BCUT2D eigenvalue weighted by Crippen LogP contribution is 2.35. The summed E-state index contributed by atoms with van der Waals surface area (Å²) in [6.45, 7) is 4.92. The van der Waals surface area contributed by atoms with Crippen molar-refractivity contribution in [3.63, 3.8) is 0 Å². The number of carbonyl (C=O) groups is 1. The molecule has 0 bridgehead atoms. The molecule has 7 nitrogen and oxygen atoms in total. The van der Waals surface area contributed by atoms with Crippen LogP contribution < -0.4 is 20.0 Å². The fourth-order valence-electron chi connectivity index (χ4n) is 3.81. The van der Waals surface area contributed by atoms with Crippen LogP contribution in [0.25, 0.3) is 0 Å². The summed E-state index contributed by atoms with van der Waals surface area (Å²) in [5.41, 5.74) is 0.898. The number of aromatic nitrogens is 2. The number of nitrogens with zero attached hydrogens (tertiary/aromatic N) is 5. The molecule has 1 N–H and O–H groups in total. The van der Waals surface area contributed by atoms with E-state index >= 15 is 0 Å². The summed E-state index contributed by atoms with van der Waals surface area (Å²) in [6, 6.07) is 8.91. The number of halogens is 1. The zero-order valence-corrected chi connectivity index (χ0v) is 16.0. The van der Waals surface area contributed by atoms with Crippen LogP contribution >= 0.6 is 0 Å². The summed E-state index contributed by atoms with van der Waals surface area (Å²) >= 11 is 0. The Morgan fingerprint density at radius 3 is 2.82 bits per heavy atom. The third-order valence-corrected chi connectivity index (χ3v) is 5.25. The highest BCUT2D eigenvalue weighted by atomic mass is 19.1. The lowest BCUT2D eigenvalue weighted by atomic mass is 10.3. The van der Waals surface area contributed by atoms with Crippen LogP contribution in [0.3, 0.4) is 0 Å². The second-order valence-electron chi connectivity index (χ2n) is 7.01. The molecule has 2 aromatic rings. The first kappa shape index (κ1) is 18.5. The summed E-state index contributed by atoms with van der Waals surface area (Å²) in [5.74, 6) is 1.65. The van der Waals surface area contributed by atoms with Crippen molar-refractivity contribution in [3.8, 4) is 0 Å². The maximum atomic E-state index is 14.2. The summed E-state index contributed by atoms with van der Waals surface area (Å²) in [7, 11) is 0. The number of hydrogen-bond donors (Lipinski definition) is 1. The van der Waals surface area contributed by atoms with Gasteiger partial charge in [0.05, 0.1) is 5.69 Å². The number of nitrogens with one attached hydrogen (secondary N) is 1. The van der Waals surface area contributed by atoms with Gasteiger partial charge in [-0.2, -0.15) is 0 Å². The van der Waals surface area contributed by atoms with Gasteiger partial charge in [-0.15, -0.1) is 0 Å². The van der Waals surface area contributed by atoms with Crippen LogP contribution in [0, 0.1) is 0 Å². The summed E-state index contributed by atoms with van der Waals surface area (Å²) < 4.78 is 14.2. The molecular weight excluding hydrogens is 359 g/mol. The highest BCUT2D eigenvalue weighted by Gasteiger charge is 2.30. The lowest BCUT2D eigenvalue weighted by molar-refractivity contribution is 0.256. The molecule has 0 aliphatic carbocycles. The van der Waals surface area contributed by atoms with Gasteiger partial charge in [-0.1, -0.05) is 6.07 Å². The van der Waals surface area contributed by atoms with Gasteiger partial charge in [-0.3, -0.25) is 10.2 Å². The Morgan fingerprint density at radius 2 is 2.11 bits per heavy atom. The van der Waals surface area contributed by atoms with Gasteiger partial charge >= 0.3 is 6.03 Å². The molecule has 0 aromatic carbocycles. The number of fused-ring (bicyclic) bond motifs is 1. The number of anilines is 4. The van der Waals surface area contributed by atoms with Gasteiger partial charge in [-0.25, -0.2) is 19.2 Å². The molecule has 0 spiro atoms. The third kappa shape index (κ3) is 3.58. The van der Waals surface area contributed by atoms with Crippen LogP contribution in [-0.2, 0) is 0 Å². The molecule has 2 aliphatic heterocycles. The van der Waals surface area contributed by atoms with E-state index < -0.39 is 6.30 Å². The molecular formula is C20H25FN6O. The zero-order valence-electron chi connectivity index (χ0n) is 16.0. The van der Waals surface area contributed by atoms with Gasteiger partial charge in [-0.05, 0) is 50.5 Å². The predicted octanol–water partition coefficient (Wildman–Crippen LogP) is 3.64. The molecule has 28 heavy (non-hydrogen) atoms. The molecule has 1 unspecified atom stereocenters. The Balaban J connectivity index is 1.68. The molecule has 8 heteroatoms. The van der Waals surface area contributed by atoms with Crippen molar-refractivity contribution in [2.45, 2.75) is 32.5 Å². The van der Waals surface area contributed by atoms with Crippen molar-refractivity contribution in [2.75, 3.05) is 46.2 Å². The van der Waals surface area contributed by atoms with E-state index in [0.29, 0.717) is 37.0 Å².